The summed E-state index contributed by atoms with van der Waals surface area (Å²) < 4.78 is 4.57. The molecular formula is C3H12O4Si2. The van der Waals surface area contributed by atoms with Gasteiger partial charge in [-0.05, 0) is 13.1 Å². The van der Waals surface area contributed by atoms with Crippen LogP contribution in [0.1, 0.15) is 0 Å². The molecule has 0 atom stereocenters. The van der Waals surface area contributed by atoms with Crippen LogP contribution in [-0.2, 0) is 4.12 Å². The van der Waals surface area contributed by atoms with Gasteiger partial charge in [-0.2, -0.15) is 0 Å². The van der Waals surface area contributed by atoms with Crippen molar-refractivity contribution in [3.8, 4) is 0 Å². The molecule has 0 heterocycles. The Bertz CT molecular complexity index is 79.0. The molecule has 3 N–H and O–H groups in total. The van der Waals surface area contributed by atoms with Crippen molar-refractivity contribution in [3.05, 3.63) is 0 Å². The smallest absolute Gasteiger partial charge is 0.411 e. The van der Waals surface area contributed by atoms with Gasteiger partial charge in [-0.25, -0.2) is 0 Å². The zero-order valence-corrected chi connectivity index (χ0v) is 7.75. The Morgan fingerprint density at radius 2 is 1.33 bits per heavy atom. The summed E-state index contributed by atoms with van der Waals surface area (Å²) >= 11 is 0. The first-order chi connectivity index (χ1) is 3.71. The minimum Gasteiger partial charge on any atom is -0.411 e. The second kappa shape index (κ2) is 2.48. The predicted octanol–water partition coefficient (Wildman–Crippen LogP) is -0.750. The SMILES string of the molecule is C[Si](C)(O)O[Si](C)(O)O. The van der Waals surface area contributed by atoms with E-state index < -0.39 is 17.4 Å². The molecule has 0 saturated carbocycles. The molecule has 0 bridgehead atoms. The van der Waals surface area contributed by atoms with Crippen LogP contribution < -0.4 is 0 Å². The molecule has 0 aliphatic carbocycles. The Kier molecular flexibility index (Phi) is 2.56. The van der Waals surface area contributed by atoms with E-state index in [2.05, 4.69) is 4.12 Å². The topological polar surface area (TPSA) is 69.9 Å². The number of hydrogen-bond donors (Lipinski definition) is 3. The van der Waals surface area contributed by atoms with Crippen molar-refractivity contribution in [3.63, 3.8) is 0 Å². The van der Waals surface area contributed by atoms with Crippen LogP contribution in [0.2, 0.25) is 19.6 Å². The first kappa shape index (κ1) is 9.27. The fourth-order valence-electron chi connectivity index (χ4n) is 0.473. The summed E-state index contributed by atoms with van der Waals surface area (Å²) in [7, 11) is -6.21. The molecular weight excluding hydrogens is 156 g/mol. The van der Waals surface area contributed by atoms with E-state index in [9.17, 15) is 0 Å². The lowest BCUT2D eigenvalue weighted by Gasteiger charge is -2.21. The molecule has 4 nitrogen and oxygen atoms in total. The molecule has 0 aromatic heterocycles. The van der Waals surface area contributed by atoms with Gasteiger partial charge in [0.25, 0.3) is 0 Å². The molecule has 0 aliphatic heterocycles. The Morgan fingerprint density at radius 3 is 1.33 bits per heavy atom. The average Bonchev–Trinajstić information content (AvgIpc) is 1.14. The van der Waals surface area contributed by atoms with Crippen LogP contribution in [0.15, 0.2) is 0 Å². The standard InChI is InChI=1S/C3H12O4Si2/c1-8(2,4)7-9(3,5)6/h4-6H,1-3H3. The third kappa shape index (κ3) is 8.27. The van der Waals surface area contributed by atoms with Crippen LogP contribution in [-0.4, -0.2) is 31.8 Å². The van der Waals surface area contributed by atoms with Crippen molar-refractivity contribution in [1.29, 1.82) is 0 Å². The molecule has 0 aliphatic rings. The van der Waals surface area contributed by atoms with Gasteiger partial charge >= 0.3 is 17.4 Å². The van der Waals surface area contributed by atoms with Crippen molar-refractivity contribution in [2.24, 2.45) is 0 Å². The van der Waals surface area contributed by atoms with Gasteiger partial charge in [0.15, 0.2) is 0 Å². The maximum absolute atomic E-state index is 8.98. The van der Waals surface area contributed by atoms with Crippen molar-refractivity contribution < 1.29 is 18.5 Å². The van der Waals surface area contributed by atoms with Gasteiger partial charge in [-0.1, -0.05) is 0 Å². The van der Waals surface area contributed by atoms with Gasteiger partial charge < -0.3 is 18.5 Å². The normalized spacial score (nSPS) is 14.0. The molecule has 9 heavy (non-hydrogen) atoms. The Morgan fingerprint density at radius 1 is 1.00 bits per heavy atom. The van der Waals surface area contributed by atoms with Gasteiger partial charge in [0.2, 0.25) is 0 Å². The Balaban J connectivity index is 3.75. The summed E-state index contributed by atoms with van der Waals surface area (Å²) in [5, 5.41) is 0. The fraction of sp³-hybridized carbons (Fsp3) is 1.00. The zero-order chi connectivity index (χ0) is 7.71. The summed E-state index contributed by atoms with van der Waals surface area (Å²) in [6.45, 7) is 4.15. The Labute approximate surface area is 56.3 Å². The molecule has 0 unspecified atom stereocenters. The highest BCUT2D eigenvalue weighted by molar-refractivity contribution is 6.74. The number of hydrogen-bond acceptors (Lipinski definition) is 4. The monoisotopic (exact) mass is 168 g/mol. The van der Waals surface area contributed by atoms with Crippen LogP contribution in [0.4, 0.5) is 0 Å². The zero-order valence-electron chi connectivity index (χ0n) is 5.75. The molecule has 0 rings (SSSR count). The number of rotatable bonds is 2. The van der Waals surface area contributed by atoms with E-state index >= 15 is 0 Å². The molecule has 56 valence electrons. The lowest BCUT2D eigenvalue weighted by Crippen LogP contribution is -2.46. The van der Waals surface area contributed by atoms with E-state index in [1.807, 2.05) is 0 Å². The van der Waals surface area contributed by atoms with Crippen LogP contribution in [0.25, 0.3) is 0 Å². The summed E-state index contributed by atoms with van der Waals surface area (Å²) in [6.07, 6.45) is 0. The minimum absolute atomic E-state index is 1.19. The molecule has 0 aromatic rings. The summed E-state index contributed by atoms with van der Waals surface area (Å²) in [5.41, 5.74) is 0. The van der Waals surface area contributed by atoms with Crippen molar-refractivity contribution in [2.75, 3.05) is 0 Å². The molecule has 0 spiro atoms. The van der Waals surface area contributed by atoms with Crippen LogP contribution >= 0.6 is 0 Å². The minimum atomic E-state index is -3.48. The largest absolute Gasteiger partial charge is 0.483 e. The van der Waals surface area contributed by atoms with Crippen molar-refractivity contribution in [2.45, 2.75) is 19.6 Å². The van der Waals surface area contributed by atoms with E-state index in [0.717, 1.165) is 0 Å². The highest BCUT2D eigenvalue weighted by atomic mass is 28.5. The maximum atomic E-state index is 8.98. The summed E-state index contributed by atoms with van der Waals surface area (Å²) in [6, 6.07) is 0. The van der Waals surface area contributed by atoms with E-state index in [-0.39, 0.29) is 0 Å². The predicted molar refractivity (Wildman–Crippen MR) is 36.8 cm³/mol. The van der Waals surface area contributed by atoms with Crippen LogP contribution in [0.5, 0.6) is 0 Å². The second-order valence-electron chi connectivity index (χ2n) is 2.48. The second-order valence-corrected chi connectivity index (χ2v) is 8.06. The third-order valence-corrected chi connectivity index (χ3v) is 3.99. The van der Waals surface area contributed by atoms with Gasteiger partial charge in [-0.3, -0.25) is 0 Å². The van der Waals surface area contributed by atoms with E-state index in [1.54, 1.807) is 0 Å². The first-order valence-corrected chi connectivity index (χ1v) is 7.74. The third-order valence-electron chi connectivity index (χ3n) is 0.443. The molecule has 0 fully saturated rings. The first-order valence-electron chi connectivity index (χ1n) is 2.58. The lowest BCUT2D eigenvalue weighted by molar-refractivity contribution is 0.220. The van der Waals surface area contributed by atoms with E-state index in [0.29, 0.717) is 0 Å². The van der Waals surface area contributed by atoms with Crippen LogP contribution in [0, 0.1) is 0 Å². The summed E-state index contributed by atoms with van der Waals surface area (Å²) in [5.74, 6) is 0. The quantitative estimate of drug-likeness (QED) is 0.475. The fourth-order valence-corrected chi connectivity index (χ4v) is 4.26. The maximum Gasteiger partial charge on any atom is 0.483 e. The van der Waals surface area contributed by atoms with E-state index in [4.69, 9.17) is 14.4 Å². The molecule has 0 aromatic carbocycles. The highest BCUT2D eigenvalue weighted by Gasteiger charge is 2.33. The molecule has 0 amide bonds. The Hall–Kier alpha value is 0.274. The molecule has 0 radical (unpaired) electrons. The van der Waals surface area contributed by atoms with Gasteiger partial charge in [0.1, 0.15) is 0 Å². The van der Waals surface area contributed by atoms with Gasteiger partial charge in [0.05, 0.1) is 0 Å². The molecule has 6 heteroatoms. The van der Waals surface area contributed by atoms with Crippen LogP contribution in [0.3, 0.4) is 0 Å². The van der Waals surface area contributed by atoms with Gasteiger partial charge in [0, 0.05) is 6.55 Å². The average molecular weight is 168 g/mol. The van der Waals surface area contributed by atoms with Crippen molar-refractivity contribution in [1.82, 2.24) is 0 Å². The van der Waals surface area contributed by atoms with Crippen molar-refractivity contribution >= 4 is 17.4 Å². The lowest BCUT2D eigenvalue weighted by atomic mass is 11.9. The summed E-state index contributed by atoms with van der Waals surface area (Å²) in [4.78, 5) is 26.4. The molecule has 0 saturated heterocycles. The van der Waals surface area contributed by atoms with Gasteiger partial charge in [-0.15, -0.1) is 0 Å². The highest BCUT2D eigenvalue weighted by Crippen LogP contribution is 2.04. The van der Waals surface area contributed by atoms with E-state index in [1.165, 1.54) is 19.6 Å².